The Bertz CT molecular complexity index is 1360. The number of aliphatic hydroxyl groups excluding tert-OH is 1. The van der Waals surface area contributed by atoms with Gasteiger partial charge in [-0.15, -0.1) is 0 Å². The first-order valence-electron chi connectivity index (χ1n) is 11.2. The van der Waals surface area contributed by atoms with Crippen LogP contribution in [0.1, 0.15) is 27.6 Å². The zero-order valence-electron chi connectivity index (χ0n) is 20.2. The number of ether oxygens (including phenoxy) is 1. The third kappa shape index (κ3) is 8.06. The fourth-order valence-electron chi connectivity index (χ4n) is 3.29. The van der Waals surface area contributed by atoms with E-state index in [1.807, 2.05) is 0 Å². The first-order chi connectivity index (χ1) is 18.2. The second kappa shape index (κ2) is 12.2. The van der Waals surface area contributed by atoms with Crippen molar-refractivity contribution in [3.05, 3.63) is 81.6 Å². The second-order valence-electron chi connectivity index (χ2n) is 8.70. The molecule has 0 bridgehead atoms. The van der Waals surface area contributed by atoms with E-state index >= 15 is 0 Å². The van der Waals surface area contributed by atoms with E-state index in [2.05, 4.69) is 10.6 Å². The average Bonchev–Trinajstić information content (AvgIpc) is 2.86. The standard InChI is InChI=1S/C26H22Cl2F4N2O5/c1-25(38,12-35)11-33-23(36)15-5-7-17(27)16(9-15)14-6-8-20(21(10-14)39-13-26(30,31)32)34-24(37)22-18(28)3-2-4-19(22)29/h2-10,35,38H,11-13H2,1H3,(H,33,36)(H,34,37). The van der Waals surface area contributed by atoms with Crippen LogP contribution in [0.15, 0.2) is 54.6 Å². The Kier molecular flexibility index (Phi) is 9.44. The first-order valence-corrected chi connectivity index (χ1v) is 12.0. The van der Waals surface area contributed by atoms with Crippen LogP contribution in [0.25, 0.3) is 11.1 Å². The van der Waals surface area contributed by atoms with Gasteiger partial charge in [0.25, 0.3) is 11.8 Å². The highest BCUT2D eigenvalue weighted by Crippen LogP contribution is 2.36. The Balaban J connectivity index is 1.97. The topological polar surface area (TPSA) is 108 Å². The first kappa shape index (κ1) is 30.2. The van der Waals surface area contributed by atoms with Gasteiger partial charge in [-0.2, -0.15) is 13.2 Å². The number of halogens is 6. The third-order valence-corrected chi connectivity index (χ3v) is 5.97. The molecule has 3 aromatic rings. The number of hydrogen-bond donors (Lipinski definition) is 4. The molecule has 39 heavy (non-hydrogen) atoms. The van der Waals surface area contributed by atoms with E-state index in [0.29, 0.717) is 0 Å². The number of aliphatic hydroxyl groups is 2. The highest BCUT2D eigenvalue weighted by atomic mass is 35.5. The maximum Gasteiger partial charge on any atom is 0.422 e. The molecule has 4 N–H and O–H groups in total. The van der Waals surface area contributed by atoms with Crippen LogP contribution < -0.4 is 15.4 Å². The predicted molar refractivity (Wildman–Crippen MR) is 138 cm³/mol. The quantitative estimate of drug-likeness (QED) is 0.248. The van der Waals surface area contributed by atoms with E-state index in [9.17, 15) is 32.3 Å². The van der Waals surface area contributed by atoms with Gasteiger partial charge in [0.1, 0.15) is 17.2 Å². The SMILES string of the molecule is CC(O)(CO)CNC(=O)c1ccc(Cl)c(-c2ccc(NC(=O)c3c(F)cccc3Cl)c(OCC(F)(F)F)c2)c1. The lowest BCUT2D eigenvalue weighted by Crippen LogP contribution is -2.43. The molecular formula is C26H22Cl2F4N2O5. The minimum absolute atomic E-state index is 0.104. The van der Waals surface area contributed by atoms with Crippen LogP contribution in [0.5, 0.6) is 5.75 Å². The van der Waals surface area contributed by atoms with Crippen molar-refractivity contribution >= 4 is 40.7 Å². The molecule has 0 aromatic heterocycles. The van der Waals surface area contributed by atoms with Crippen molar-refractivity contribution in [2.75, 3.05) is 25.1 Å². The Hall–Kier alpha value is -3.38. The number of carbonyl (C=O) groups is 2. The molecule has 0 heterocycles. The van der Waals surface area contributed by atoms with Crippen LogP contribution in [0.3, 0.4) is 0 Å². The van der Waals surface area contributed by atoms with E-state index in [-0.39, 0.29) is 39.0 Å². The molecule has 1 unspecified atom stereocenters. The lowest BCUT2D eigenvalue weighted by molar-refractivity contribution is -0.153. The molecule has 0 aliphatic carbocycles. The molecule has 2 amide bonds. The van der Waals surface area contributed by atoms with E-state index in [1.165, 1.54) is 55.5 Å². The summed E-state index contributed by atoms with van der Waals surface area (Å²) in [4.78, 5) is 25.2. The van der Waals surface area contributed by atoms with Gasteiger partial charge >= 0.3 is 6.18 Å². The molecule has 1 atom stereocenters. The highest BCUT2D eigenvalue weighted by Gasteiger charge is 2.29. The fourth-order valence-corrected chi connectivity index (χ4v) is 3.76. The second-order valence-corrected chi connectivity index (χ2v) is 9.51. The molecule has 13 heteroatoms. The Morgan fingerprint density at radius 1 is 1.00 bits per heavy atom. The van der Waals surface area contributed by atoms with Crippen LogP contribution in [-0.4, -0.2) is 53.6 Å². The zero-order chi connectivity index (χ0) is 29.0. The van der Waals surface area contributed by atoms with Gasteiger partial charge < -0.3 is 25.6 Å². The van der Waals surface area contributed by atoms with Gasteiger partial charge in [0.05, 0.1) is 22.9 Å². The predicted octanol–water partition coefficient (Wildman–Crippen LogP) is 5.47. The molecule has 0 aliphatic heterocycles. The monoisotopic (exact) mass is 588 g/mol. The maximum absolute atomic E-state index is 14.2. The highest BCUT2D eigenvalue weighted by molar-refractivity contribution is 6.34. The molecule has 0 spiro atoms. The van der Waals surface area contributed by atoms with Gasteiger partial charge in [-0.25, -0.2) is 4.39 Å². The fraction of sp³-hybridized carbons (Fsp3) is 0.231. The van der Waals surface area contributed by atoms with Crippen LogP contribution >= 0.6 is 23.2 Å². The summed E-state index contributed by atoms with van der Waals surface area (Å²) in [7, 11) is 0. The van der Waals surface area contributed by atoms with Crippen LogP contribution in [0, 0.1) is 5.82 Å². The molecule has 0 saturated carbocycles. The summed E-state index contributed by atoms with van der Waals surface area (Å²) < 4.78 is 57.9. The zero-order valence-corrected chi connectivity index (χ0v) is 21.7. The smallest absolute Gasteiger partial charge is 0.422 e. The Morgan fingerprint density at radius 3 is 2.36 bits per heavy atom. The number of anilines is 1. The lowest BCUT2D eigenvalue weighted by atomic mass is 10.0. The molecule has 3 aromatic carbocycles. The summed E-state index contributed by atoms with van der Waals surface area (Å²) >= 11 is 12.2. The van der Waals surface area contributed by atoms with Crippen molar-refractivity contribution in [2.45, 2.75) is 18.7 Å². The number of alkyl halides is 3. The molecule has 0 aliphatic rings. The summed E-state index contributed by atoms with van der Waals surface area (Å²) in [5, 5.41) is 23.7. The summed E-state index contributed by atoms with van der Waals surface area (Å²) in [6.45, 7) is -1.22. The van der Waals surface area contributed by atoms with E-state index in [0.717, 1.165) is 6.07 Å². The maximum atomic E-state index is 14.2. The van der Waals surface area contributed by atoms with Crippen molar-refractivity contribution < 1.29 is 42.1 Å². The van der Waals surface area contributed by atoms with E-state index < -0.39 is 53.9 Å². The van der Waals surface area contributed by atoms with E-state index in [1.54, 1.807) is 0 Å². The minimum Gasteiger partial charge on any atom is -0.482 e. The molecule has 7 nitrogen and oxygen atoms in total. The lowest BCUT2D eigenvalue weighted by Gasteiger charge is -2.20. The van der Waals surface area contributed by atoms with Gasteiger partial charge in [0.15, 0.2) is 6.61 Å². The molecular weight excluding hydrogens is 567 g/mol. The van der Waals surface area contributed by atoms with Gasteiger partial charge in [0, 0.05) is 22.7 Å². The van der Waals surface area contributed by atoms with Crippen molar-refractivity contribution in [2.24, 2.45) is 0 Å². The summed E-state index contributed by atoms with van der Waals surface area (Å²) in [6.07, 6.45) is -4.71. The normalized spacial score (nSPS) is 12.9. The van der Waals surface area contributed by atoms with Gasteiger partial charge in [0.2, 0.25) is 0 Å². The number of amides is 2. The van der Waals surface area contributed by atoms with Crippen molar-refractivity contribution in [3.63, 3.8) is 0 Å². The van der Waals surface area contributed by atoms with Crippen molar-refractivity contribution in [1.82, 2.24) is 5.32 Å². The number of carbonyl (C=O) groups excluding carboxylic acids is 2. The van der Waals surface area contributed by atoms with Crippen LogP contribution in [0.2, 0.25) is 10.0 Å². The summed E-state index contributed by atoms with van der Waals surface area (Å²) in [6, 6.07) is 11.5. The summed E-state index contributed by atoms with van der Waals surface area (Å²) in [5.74, 6) is -2.97. The van der Waals surface area contributed by atoms with Gasteiger partial charge in [-0.05, 0) is 55.0 Å². The molecule has 0 fully saturated rings. The molecule has 0 saturated heterocycles. The van der Waals surface area contributed by atoms with Gasteiger partial charge in [-0.1, -0.05) is 35.3 Å². The number of benzene rings is 3. The minimum atomic E-state index is -4.71. The molecule has 208 valence electrons. The van der Waals surface area contributed by atoms with Crippen molar-refractivity contribution in [3.8, 4) is 16.9 Å². The summed E-state index contributed by atoms with van der Waals surface area (Å²) in [5.41, 5.74) is -1.69. The largest absolute Gasteiger partial charge is 0.482 e. The number of rotatable bonds is 9. The van der Waals surface area contributed by atoms with Crippen LogP contribution in [0.4, 0.5) is 23.2 Å². The number of nitrogens with one attached hydrogen (secondary N) is 2. The van der Waals surface area contributed by atoms with E-state index in [4.69, 9.17) is 33.0 Å². The third-order valence-electron chi connectivity index (χ3n) is 5.32. The van der Waals surface area contributed by atoms with Crippen LogP contribution in [-0.2, 0) is 0 Å². The van der Waals surface area contributed by atoms with Crippen molar-refractivity contribution in [1.29, 1.82) is 0 Å². The number of hydrogen-bond acceptors (Lipinski definition) is 5. The average molecular weight is 589 g/mol. The molecule has 0 radical (unpaired) electrons. The Labute approximate surface area is 230 Å². The Morgan fingerprint density at radius 2 is 1.72 bits per heavy atom. The molecule has 3 rings (SSSR count). The van der Waals surface area contributed by atoms with Gasteiger partial charge in [-0.3, -0.25) is 9.59 Å².